The lowest BCUT2D eigenvalue weighted by Crippen LogP contribution is -2.14. The van der Waals surface area contributed by atoms with Gasteiger partial charge in [0, 0.05) is 15.1 Å². The van der Waals surface area contributed by atoms with Crippen molar-refractivity contribution in [3.63, 3.8) is 0 Å². The minimum absolute atomic E-state index is 0.204. The van der Waals surface area contributed by atoms with Crippen molar-refractivity contribution in [3.05, 3.63) is 68.1 Å². The summed E-state index contributed by atoms with van der Waals surface area (Å²) in [5.41, 5.74) is 0.627. The quantitative estimate of drug-likeness (QED) is 0.559. The van der Waals surface area contributed by atoms with Gasteiger partial charge in [-0.2, -0.15) is 0 Å². The third-order valence-electron chi connectivity index (χ3n) is 2.65. The van der Waals surface area contributed by atoms with Gasteiger partial charge >= 0.3 is 5.97 Å². The highest BCUT2D eigenvalue weighted by Crippen LogP contribution is 2.21. The molecule has 108 valence electrons. The Kier molecular flexibility index (Phi) is 5.39. The van der Waals surface area contributed by atoms with Gasteiger partial charge in [-0.25, -0.2) is 4.79 Å². The first-order valence-electron chi connectivity index (χ1n) is 5.88. The Hall–Kier alpha value is -1.36. The van der Waals surface area contributed by atoms with Crippen LogP contribution in [0.4, 0.5) is 0 Å². The van der Waals surface area contributed by atoms with E-state index in [1.165, 1.54) is 6.07 Å². The number of esters is 1. The molecule has 3 nitrogen and oxygen atoms in total. The van der Waals surface area contributed by atoms with Crippen LogP contribution in [0.2, 0.25) is 10.0 Å². The van der Waals surface area contributed by atoms with Crippen LogP contribution in [0.1, 0.15) is 20.7 Å². The van der Waals surface area contributed by atoms with Gasteiger partial charge in [-0.05, 0) is 42.5 Å². The molecule has 21 heavy (non-hydrogen) atoms. The fourth-order valence-corrected chi connectivity index (χ4v) is 2.26. The van der Waals surface area contributed by atoms with E-state index in [1.807, 2.05) is 0 Å². The molecule has 2 rings (SSSR count). The molecule has 0 heterocycles. The molecule has 0 atom stereocenters. The number of hydrogen-bond acceptors (Lipinski definition) is 3. The first-order valence-corrected chi connectivity index (χ1v) is 7.43. The second-order valence-electron chi connectivity index (χ2n) is 4.13. The average Bonchev–Trinajstić information content (AvgIpc) is 2.47. The molecule has 0 aliphatic carbocycles. The van der Waals surface area contributed by atoms with Crippen molar-refractivity contribution >= 4 is 50.9 Å². The normalized spacial score (nSPS) is 10.2. The first kappa shape index (κ1) is 16.0. The van der Waals surface area contributed by atoms with Crippen LogP contribution < -0.4 is 0 Å². The molecule has 0 aliphatic rings. The summed E-state index contributed by atoms with van der Waals surface area (Å²) in [4.78, 5) is 23.8. The third-order valence-corrected chi connectivity index (χ3v) is 3.72. The van der Waals surface area contributed by atoms with E-state index in [4.69, 9.17) is 27.9 Å². The minimum atomic E-state index is -0.649. The van der Waals surface area contributed by atoms with Gasteiger partial charge in [0.25, 0.3) is 0 Å². The summed E-state index contributed by atoms with van der Waals surface area (Å²) in [5.74, 6) is -0.963. The molecule has 0 spiro atoms. The molecular weight excluding hydrogens is 379 g/mol. The van der Waals surface area contributed by atoms with Gasteiger partial charge in [-0.15, -0.1) is 0 Å². The lowest BCUT2D eigenvalue weighted by atomic mass is 10.1. The average molecular weight is 388 g/mol. The van der Waals surface area contributed by atoms with Crippen LogP contribution in [0, 0.1) is 0 Å². The molecule has 0 fully saturated rings. The van der Waals surface area contributed by atoms with Crippen LogP contribution in [0.3, 0.4) is 0 Å². The minimum Gasteiger partial charge on any atom is -0.454 e. The van der Waals surface area contributed by atoms with Gasteiger partial charge in [0.1, 0.15) is 0 Å². The largest absolute Gasteiger partial charge is 0.454 e. The van der Waals surface area contributed by atoms with Gasteiger partial charge in [-0.1, -0.05) is 39.1 Å². The van der Waals surface area contributed by atoms with E-state index in [9.17, 15) is 9.59 Å². The fraction of sp³-hybridized carbons (Fsp3) is 0.0667. The van der Waals surface area contributed by atoms with E-state index in [1.54, 1.807) is 36.4 Å². The van der Waals surface area contributed by atoms with Crippen molar-refractivity contribution in [3.8, 4) is 0 Å². The van der Waals surface area contributed by atoms with Gasteiger partial charge in [0.05, 0.1) is 10.6 Å². The zero-order valence-corrected chi connectivity index (χ0v) is 13.7. The zero-order chi connectivity index (χ0) is 15.4. The van der Waals surface area contributed by atoms with E-state index >= 15 is 0 Å². The predicted octanol–water partition coefficient (Wildman–Crippen LogP) is 4.80. The Bertz CT molecular complexity index is 684. The Morgan fingerprint density at radius 1 is 1.05 bits per heavy atom. The highest BCUT2D eigenvalue weighted by Gasteiger charge is 2.15. The van der Waals surface area contributed by atoms with Crippen molar-refractivity contribution in [1.82, 2.24) is 0 Å². The van der Waals surface area contributed by atoms with Crippen molar-refractivity contribution < 1.29 is 14.3 Å². The second kappa shape index (κ2) is 7.07. The lowest BCUT2D eigenvalue weighted by Gasteiger charge is -2.06. The molecular formula is C15H9BrCl2O3. The molecule has 0 aromatic heterocycles. The highest BCUT2D eigenvalue weighted by atomic mass is 79.9. The fourth-order valence-electron chi connectivity index (χ4n) is 1.58. The smallest absolute Gasteiger partial charge is 0.340 e. The molecule has 2 aromatic carbocycles. The van der Waals surface area contributed by atoms with E-state index in [-0.39, 0.29) is 23.0 Å². The van der Waals surface area contributed by atoms with Crippen LogP contribution >= 0.6 is 39.1 Å². The SMILES string of the molecule is O=C(COC(=O)c1cc(Br)ccc1Cl)c1ccc(Cl)cc1. The number of ketones is 1. The van der Waals surface area contributed by atoms with Gasteiger partial charge < -0.3 is 4.74 Å². The topological polar surface area (TPSA) is 43.4 Å². The summed E-state index contributed by atoms with van der Waals surface area (Å²) in [5, 5.41) is 0.798. The van der Waals surface area contributed by atoms with E-state index < -0.39 is 5.97 Å². The van der Waals surface area contributed by atoms with Gasteiger partial charge in [0.15, 0.2) is 12.4 Å². The van der Waals surface area contributed by atoms with E-state index in [0.29, 0.717) is 15.1 Å². The summed E-state index contributed by atoms with van der Waals surface area (Å²) in [6, 6.07) is 11.2. The Labute approximate surface area is 139 Å². The van der Waals surface area contributed by atoms with Crippen LogP contribution in [0.25, 0.3) is 0 Å². The van der Waals surface area contributed by atoms with Crippen molar-refractivity contribution in [2.24, 2.45) is 0 Å². The molecule has 0 unspecified atom stereocenters. The van der Waals surface area contributed by atoms with Crippen molar-refractivity contribution in [2.75, 3.05) is 6.61 Å². The number of Topliss-reactive ketones (excluding diaryl/α,β-unsaturated/α-hetero) is 1. The molecule has 0 saturated carbocycles. The number of hydrogen-bond donors (Lipinski definition) is 0. The maximum atomic E-state index is 11.9. The van der Waals surface area contributed by atoms with Crippen molar-refractivity contribution in [2.45, 2.75) is 0 Å². The summed E-state index contributed by atoms with van der Waals surface area (Å²) < 4.78 is 5.68. The second-order valence-corrected chi connectivity index (χ2v) is 5.89. The molecule has 2 aromatic rings. The van der Waals surface area contributed by atoms with Crippen LogP contribution in [-0.2, 0) is 4.74 Å². The molecule has 0 amide bonds. The van der Waals surface area contributed by atoms with Crippen molar-refractivity contribution in [1.29, 1.82) is 0 Å². The van der Waals surface area contributed by atoms with E-state index in [2.05, 4.69) is 15.9 Å². The number of carbonyl (C=O) groups excluding carboxylic acids is 2. The molecule has 0 bridgehead atoms. The Morgan fingerprint density at radius 3 is 2.38 bits per heavy atom. The van der Waals surface area contributed by atoms with Crippen LogP contribution in [0.15, 0.2) is 46.9 Å². The summed E-state index contributed by atoms with van der Waals surface area (Å²) in [6.45, 7) is -0.358. The molecule has 0 saturated heterocycles. The molecule has 0 N–H and O–H groups in total. The summed E-state index contributed by atoms with van der Waals surface area (Å²) in [7, 11) is 0. The summed E-state index contributed by atoms with van der Waals surface area (Å²) >= 11 is 14.9. The highest BCUT2D eigenvalue weighted by molar-refractivity contribution is 9.10. The van der Waals surface area contributed by atoms with Crippen LogP contribution in [0.5, 0.6) is 0 Å². The maximum absolute atomic E-state index is 11.9. The maximum Gasteiger partial charge on any atom is 0.340 e. The van der Waals surface area contributed by atoms with Crippen LogP contribution in [-0.4, -0.2) is 18.4 Å². The predicted molar refractivity (Wildman–Crippen MR) is 85.2 cm³/mol. The number of ether oxygens (including phenoxy) is 1. The number of carbonyl (C=O) groups is 2. The number of benzene rings is 2. The standard InChI is InChI=1S/C15H9BrCl2O3/c16-10-3-6-13(18)12(7-10)15(20)21-8-14(19)9-1-4-11(17)5-2-9/h1-7H,8H2. The number of rotatable bonds is 4. The third kappa shape index (κ3) is 4.30. The Balaban J connectivity index is 2.02. The van der Waals surface area contributed by atoms with Gasteiger partial charge in [-0.3, -0.25) is 4.79 Å². The monoisotopic (exact) mass is 386 g/mol. The molecule has 6 heteroatoms. The molecule has 0 aliphatic heterocycles. The molecule has 0 radical (unpaired) electrons. The number of halogens is 3. The zero-order valence-electron chi connectivity index (χ0n) is 10.6. The lowest BCUT2D eigenvalue weighted by molar-refractivity contribution is 0.0475. The van der Waals surface area contributed by atoms with E-state index in [0.717, 1.165) is 0 Å². The first-order chi connectivity index (χ1) is 9.97. The van der Waals surface area contributed by atoms with Gasteiger partial charge in [0.2, 0.25) is 0 Å². The summed E-state index contributed by atoms with van der Waals surface area (Å²) in [6.07, 6.45) is 0. The Morgan fingerprint density at radius 2 is 1.71 bits per heavy atom.